The van der Waals surface area contributed by atoms with E-state index in [1.165, 1.54) is 10.7 Å². The van der Waals surface area contributed by atoms with Crippen molar-refractivity contribution in [3.05, 3.63) is 28.9 Å². The van der Waals surface area contributed by atoms with Crippen LogP contribution < -0.4 is 0 Å². The lowest BCUT2D eigenvalue weighted by Crippen LogP contribution is -1.78. The maximum atomic E-state index is 7.00. The van der Waals surface area contributed by atoms with Gasteiger partial charge in [-0.2, -0.15) is 0 Å². The zero-order chi connectivity index (χ0) is 8.85. The highest BCUT2D eigenvalue weighted by molar-refractivity contribution is 14.1. The molecule has 1 N–H and O–H groups in total. The Morgan fingerprint density at radius 1 is 1.00 bits per heavy atom. The van der Waals surface area contributed by atoms with Gasteiger partial charge in [-0.1, -0.05) is 0 Å². The van der Waals surface area contributed by atoms with E-state index >= 15 is 0 Å². The molecule has 4 heteroatoms. The minimum atomic E-state index is 1.00. The van der Waals surface area contributed by atoms with Crippen molar-refractivity contribution < 1.29 is 5.11 Å². The first-order valence-corrected chi connectivity index (χ1v) is 5.99. The van der Waals surface area contributed by atoms with Crippen molar-refractivity contribution in [2.75, 3.05) is 7.11 Å². The summed E-state index contributed by atoms with van der Waals surface area (Å²) in [5.41, 5.74) is 0. The molecule has 0 atom stereocenters. The van der Waals surface area contributed by atoms with Crippen LogP contribution in [0.2, 0.25) is 0 Å². The monoisotopic (exact) mass is 488 g/mol. The molecule has 0 aromatic heterocycles. The summed E-state index contributed by atoms with van der Waals surface area (Å²) in [5.74, 6) is 0. The van der Waals surface area contributed by atoms with Gasteiger partial charge in [-0.25, -0.2) is 0 Å². The van der Waals surface area contributed by atoms with Crippen LogP contribution in [0, 0.1) is 10.7 Å². The van der Waals surface area contributed by atoms with Crippen molar-refractivity contribution in [3.63, 3.8) is 0 Å². The van der Waals surface area contributed by atoms with Crippen molar-refractivity contribution in [2.24, 2.45) is 0 Å². The van der Waals surface area contributed by atoms with Crippen LogP contribution in [-0.4, -0.2) is 12.2 Å². The Morgan fingerprint density at radius 2 is 1.55 bits per heavy atom. The molecule has 1 rings (SSSR count). The van der Waals surface area contributed by atoms with E-state index in [1.54, 1.807) is 0 Å². The average Bonchev–Trinajstić information content (AvgIpc) is 2.02. The summed E-state index contributed by atoms with van der Waals surface area (Å²) in [7, 11) is 1.00. The number of aliphatic hydroxyl groups is 1. The van der Waals surface area contributed by atoms with Gasteiger partial charge in [-0.3, -0.25) is 0 Å². The van der Waals surface area contributed by atoms with E-state index in [9.17, 15) is 0 Å². The van der Waals surface area contributed by atoms with Gasteiger partial charge in [0.25, 0.3) is 0 Å². The number of rotatable bonds is 0. The van der Waals surface area contributed by atoms with Crippen LogP contribution in [0.3, 0.4) is 0 Å². The molecule has 11 heavy (non-hydrogen) atoms. The van der Waals surface area contributed by atoms with E-state index in [0.717, 1.165) is 7.11 Å². The molecule has 0 unspecified atom stereocenters. The van der Waals surface area contributed by atoms with Crippen LogP contribution in [0.4, 0.5) is 0 Å². The summed E-state index contributed by atoms with van der Waals surface area (Å²) in [6.07, 6.45) is 0. The summed E-state index contributed by atoms with van der Waals surface area (Å²) < 4.78 is 3.96. The molecule has 0 saturated heterocycles. The van der Waals surface area contributed by atoms with Gasteiger partial charge in [0.2, 0.25) is 0 Å². The van der Waals surface area contributed by atoms with E-state index in [4.69, 9.17) is 5.11 Å². The second-order valence-corrected chi connectivity index (χ2v) is 5.13. The third-order valence-corrected chi connectivity index (χ3v) is 4.42. The number of benzene rings is 1. The number of aliphatic hydroxyl groups excluding tert-OH is 1. The molecule has 0 fully saturated rings. The van der Waals surface area contributed by atoms with E-state index in [-0.39, 0.29) is 0 Å². The molecule has 62 valence electrons. The highest BCUT2D eigenvalue weighted by Gasteiger charge is 1.93. The maximum Gasteiger partial charge on any atom is 0.0319 e. The molecular formula is C7H7I3O. The van der Waals surface area contributed by atoms with Crippen LogP contribution in [0.25, 0.3) is 0 Å². The van der Waals surface area contributed by atoms with E-state index in [2.05, 4.69) is 86.0 Å². The molecule has 0 bridgehead atoms. The topological polar surface area (TPSA) is 20.2 Å². The van der Waals surface area contributed by atoms with E-state index in [0.29, 0.717) is 0 Å². The summed E-state index contributed by atoms with van der Waals surface area (Å²) in [6.45, 7) is 0. The Hall–Kier alpha value is 1.37. The normalized spacial score (nSPS) is 8.45. The molecule has 0 radical (unpaired) electrons. The fourth-order valence-corrected chi connectivity index (χ4v) is 2.41. The van der Waals surface area contributed by atoms with Crippen molar-refractivity contribution >= 4 is 67.8 Å². The fraction of sp³-hybridized carbons (Fsp3) is 0.143. The lowest BCUT2D eigenvalue weighted by molar-refractivity contribution is 0.399. The van der Waals surface area contributed by atoms with Crippen LogP contribution in [-0.2, 0) is 0 Å². The first-order valence-electron chi connectivity index (χ1n) is 2.75. The van der Waals surface area contributed by atoms with Crippen LogP contribution in [0.15, 0.2) is 18.2 Å². The van der Waals surface area contributed by atoms with Crippen molar-refractivity contribution in [1.82, 2.24) is 0 Å². The third-order valence-electron chi connectivity index (χ3n) is 0.882. The first kappa shape index (κ1) is 12.4. The van der Waals surface area contributed by atoms with Gasteiger partial charge in [0.15, 0.2) is 0 Å². The molecule has 0 aliphatic heterocycles. The Labute approximate surface area is 107 Å². The Bertz CT molecular complexity index is 225. The predicted molar refractivity (Wildman–Crippen MR) is 72.7 cm³/mol. The second-order valence-electron chi connectivity index (χ2n) is 1.56. The average molecular weight is 488 g/mol. The number of hydrogen-bond acceptors (Lipinski definition) is 1. The lowest BCUT2D eigenvalue weighted by atomic mass is 10.4. The summed E-state index contributed by atoms with van der Waals surface area (Å²) >= 11 is 6.98. The molecule has 1 aromatic carbocycles. The Kier molecular flexibility index (Phi) is 7.69. The van der Waals surface area contributed by atoms with Gasteiger partial charge in [-0.05, 0) is 86.0 Å². The maximum absolute atomic E-state index is 7.00. The molecule has 0 amide bonds. The van der Waals surface area contributed by atoms with Crippen LogP contribution in [0.5, 0.6) is 0 Å². The van der Waals surface area contributed by atoms with Crippen LogP contribution >= 0.6 is 67.8 Å². The fourth-order valence-electron chi connectivity index (χ4n) is 0.470. The Morgan fingerprint density at radius 3 is 1.91 bits per heavy atom. The Balaban J connectivity index is 0.000000461. The van der Waals surface area contributed by atoms with Gasteiger partial charge >= 0.3 is 0 Å². The van der Waals surface area contributed by atoms with Gasteiger partial charge in [0, 0.05) is 17.8 Å². The minimum absolute atomic E-state index is 1.00. The highest BCUT2D eigenvalue weighted by Crippen LogP contribution is 2.17. The summed E-state index contributed by atoms with van der Waals surface area (Å²) in [6, 6.07) is 6.41. The lowest BCUT2D eigenvalue weighted by Gasteiger charge is -1.94. The molecule has 1 aromatic rings. The second kappa shape index (κ2) is 6.84. The molecule has 0 aliphatic rings. The molecule has 1 nitrogen and oxygen atoms in total. The largest absolute Gasteiger partial charge is 0.400 e. The highest BCUT2D eigenvalue weighted by atomic mass is 127. The quantitative estimate of drug-likeness (QED) is 0.440. The van der Waals surface area contributed by atoms with Crippen molar-refractivity contribution in [3.8, 4) is 0 Å². The smallest absolute Gasteiger partial charge is 0.0319 e. The molecule has 0 aliphatic carbocycles. The minimum Gasteiger partial charge on any atom is -0.400 e. The van der Waals surface area contributed by atoms with E-state index < -0.39 is 0 Å². The summed E-state index contributed by atoms with van der Waals surface area (Å²) in [5, 5.41) is 7.00. The van der Waals surface area contributed by atoms with Crippen molar-refractivity contribution in [2.45, 2.75) is 0 Å². The first-order chi connectivity index (χ1) is 5.20. The van der Waals surface area contributed by atoms with Gasteiger partial charge < -0.3 is 5.11 Å². The van der Waals surface area contributed by atoms with Gasteiger partial charge in [0.1, 0.15) is 0 Å². The summed E-state index contributed by atoms with van der Waals surface area (Å²) in [4.78, 5) is 0. The molecule has 0 heterocycles. The van der Waals surface area contributed by atoms with Gasteiger partial charge in [0.05, 0.1) is 0 Å². The zero-order valence-corrected chi connectivity index (χ0v) is 12.3. The van der Waals surface area contributed by atoms with Crippen LogP contribution in [0.1, 0.15) is 0 Å². The molecule has 0 saturated carbocycles. The van der Waals surface area contributed by atoms with Crippen molar-refractivity contribution in [1.29, 1.82) is 0 Å². The standard InChI is InChI=1S/C6H3I3.CH4O/c7-4-1-2-5(8)6(9)3-4;1-2/h1-3H;2H,1H3. The number of hydrogen-bond donors (Lipinski definition) is 1. The molecular weight excluding hydrogens is 481 g/mol. The SMILES string of the molecule is CO.Ic1ccc(I)c(I)c1. The van der Waals surface area contributed by atoms with E-state index in [1.807, 2.05) is 0 Å². The zero-order valence-electron chi connectivity index (χ0n) is 5.81. The third kappa shape index (κ3) is 4.83. The van der Waals surface area contributed by atoms with Gasteiger partial charge in [-0.15, -0.1) is 0 Å². The predicted octanol–water partition coefficient (Wildman–Crippen LogP) is 3.11. The number of halogens is 3. The molecule has 0 spiro atoms.